The molecule has 2 nitrogen and oxygen atoms in total. The molecule has 5 heteroatoms. The van der Waals surface area contributed by atoms with E-state index in [0.29, 0.717) is 13.1 Å². The van der Waals surface area contributed by atoms with Gasteiger partial charge in [0.2, 0.25) is 0 Å². The molecule has 0 N–H and O–H groups in total. The van der Waals surface area contributed by atoms with E-state index >= 15 is 0 Å². The average Bonchev–Trinajstić information content (AvgIpc) is 2.68. The molecule has 0 unspecified atom stereocenters. The summed E-state index contributed by atoms with van der Waals surface area (Å²) in [7, 11) is 0. The van der Waals surface area contributed by atoms with Crippen molar-refractivity contribution in [3.8, 4) is 0 Å². The predicted molar refractivity (Wildman–Crippen MR) is 59.4 cm³/mol. The quantitative estimate of drug-likeness (QED) is 0.564. The molecule has 1 fully saturated rings. The highest BCUT2D eigenvalue weighted by Crippen LogP contribution is 2.32. The fourth-order valence-corrected chi connectivity index (χ4v) is 1.97. The van der Waals surface area contributed by atoms with Crippen LogP contribution < -0.4 is 0 Å². The Bertz CT molecular complexity index is 362. The first-order valence-electron chi connectivity index (χ1n) is 5.48. The summed E-state index contributed by atoms with van der Waals surface area (Å²) in [5.74, 6) is -0.586. The van der Waals surface area contributed by atoms with Crippen molar-refractivity contribution in [3.05, 3.63) is 23.4 Å². The number of hydrogen-bond donors (Lipinski definition) is 0. The van der Waals surface area contributed by atoms with Crippen molar-refractivity contribution < 1.29 is 18.0 Å². The van der Waals surface area contributed by atoms with Gasteiger partial charge in [-0.1, -0.05) is 6.58 Å². The summed E-state index contributed by atoms with van der Waals surface area (Å²) in [6, 6.07) is 0. The molecule has 0 aromatic heterocycles. The van der Waals surface area contributed by atoms with E-state index in [-0.39, 0.29) is 11.3 Å². The summed E-state index contributed by atoms with van der Waals surface area (Å²) in [6.07, 6.45) is -2.63. The third-order valence-electron chi connectivity index (χ3n) is 2.93. The molecule has 1 heterocycles. The minimum absolute atomic E-state index is 0.199. The van der Waals surface area contributed by atoms with Crippen LogP contribution in [0.25, 0.3) is 0 Å². The van der Waals surface area contributed by atoms with Gasteiger partial charge in [-0.3, -0.25) is 4.79 Å². The fourth-order valence-electron chi connectivity index (χ4n) is 1.97. The molecular weight excluding hydrogens is 231 g/mol. The Balaban J connectivity index is 3.09. The summed E-state index contributed by atoms with van der Waals surface area (Å²) in [5, 5.41) is 0. The van der Waals surface area contributed by atoms with Crippen LogP contribution >= 0.6 is 0 Å². The number of alkyl halides is 3. The molecule has 0 atom stereocenters. The largest absolute Gasteiger partial charge is 0.413 e. The number of carbonyl (C=O) groups excluding carboxylic acids is 1. The monoisotopic (exact) mass is 247 g/mol. The zero-order chi connectivity index (χ0) is 13.2. The van der Waals surface area contributed by atoms with Crippen molar-refractivity contribution in [2.75, 3.05) is 13.1 Å². The van der Waals surface area contributed by atoms with Crippen molar-refractivity contribution in [1.82, 2.24) is 4.90 Å². The number of halogens is 3. The van der Waals surface area contributed by atoms with Crippen LogP contribution in [0, 0.1) is 0 Å². The van der Waals surface area contributed by atoms with Crippen molar-refractivity contribution >= 4 is 5.78 Å². The molecule has 0 spiro atoms. The number of hydrogen-bond acceptors (Lipinski definition) is 2. The topological polar surface area (TPSA) is 20.3 Å². The maximum atomic E-state index is 12.6. The van der Waals surface area contributed by atoms with Crippen molar-refractivity contribution in [1.29, 1.82) is 0 Å². The van der Waals surface area contributed by atoms with E-state index in [4.69, 9.17) is 0 Å². The van der Waals surface area contributed by atoms with Crippen molar-refractivity contribution in [3.63, 3.8) is 0 Å². The van der Waals surface area contributed by atoms with E-state index in [9.17, 15) is 18.0 Å². The van der Waals surface area contributed by atoms with Crippen molar-refractivity contribution in [2.45, 2.75) is 32.9 Å². The summed E-state index contributed by atoms with van der Waals surface area (Å²) in [4.78, 5) is 13.1. The minimum Gasteiger partial charge on any atom is -0.371 e. The van der Waals surface area contributed by atoms with Gasteiger partial charge in [0.1, 0.15) is 0 Å². The maximum absolute atomic E-state index is 12.6. The molecule has 0 radical (unpaired) electrons. The van der Waals surface area contributed by atoms with Gasteiger partial charge in [0.05, 0.1) is 0 Å². The smallest absolute Gasteiger partial charge is 0.371 e. The summed E-state index contributed by atoms with van der Waals surface area (Å²) in [6.45, 7) is 7.05. The Kier molecular flexibility index (Phi) is 4.01. The highest BCUT2D eigenvalue weighted by atomic mass is 19.4. The van der Waals surface area contributed by atoms with Crippen LogP contribution in [-0.2, 0) is 4.79 Å². The summed E-state index contributed by atoms with van der Waals surface area (Å²) in [5.41, 5.74) is -0.953. The number of Topliss-reactive ketones (excluding diaryl/α,β-unsaturated/α-hetero) is 1. The first-order chi connectivity index (χ1) is 7.75. The lowest BCUT2D eigenvalue weighted by Crippen LogP contribution is -2.25. The van der Waals surface area contributed by atoms with Crippen LogP contribution in [-0.4, -0.2) is 29.9 Å². The highest BCUT2D eigenvalue weighted by molar-refractivity contribution is 5.98. The van der Waals surface area contributed by atoms with Gasteiger partial charge in [0.25, 0.3) is 0 Å². The third-order valence-corrected chi connectivity index (χ3v) is 2.93. The SMILES string of the molecule is C=C(/C(C(C)=O)=C(\C)C(F)(F)F)N1CCCC1. The van der Waals surface area contributed by atoms with Gasteiger partial charge < -0.3 is 4.90 Å². The molecule has 0 aromatic carbocycles. The summed E-state index contributed by atoms with van der Waals surface area (Å²) >= 11 is 0. The molecule has 1 aliphatic rings. The van der Waals surface area contributed by atoms with Gasteiger partial charge >= 0.3 is 6.18 Å². The van der Waals surface area contributed by atoms with E-state index in [2.05, 4.69) is 6.58 Å². The second-order valence-electron chi connectivity index (χ2n) is 4.19. The van der Waals surface area contributed by atoms with E-state index < -0.39 is 17.5 Å². The lowest BCUT2D eigenvalue weighted by molar-refractivity contribution is -0.115. The Labute approximate surface area is 98.8 Å². The Morgan fingerprint density at radius 2 is 1.65 bits per heavy atom. The second-order valence-corrected chi connectivity index (χ2v) is 4.19. The molecule has 0 amide bonds. The molecule has 1 saturated heterocycles. The number of nitrogens with zero attached hydrogens (tertiary/aromatic N) is 1. The van der Waals surface area contributed by atoms with Gasteiger partial charge in [0.15, 0.2) is 5.78 Å². The van der Waals surface area contributed by atoms with Gasteiger partial charge in [0, 0.05) is 29.9 Å². The zero-order valence-corrected chi connectivity index (χ0v) is 10.0. The number of carbonyl (C=O) groups is 1. The normalized spacial score (nSPS) is 18.1. The first-order valence-corrected chi connectivity index (χ1v) is 5.48. The summed E-state index contributed by atoms with van der Waals surface area (Å²) < 4.78 is 37.9. The predicted octanol–water partition coefficient (Wildman–Crippen LogP) is 3.06. The molecule has 0 aliphatic carbocycles. The first kappa shape index (κ1) is 13.8. The third kappa shape index (κ3) is 3.11. The Hall–Kier alpha value is -1.26. The zero-order valence-electron chi connectivity index (χ0n) is 10.0. The van der Waals surface area contributed by atoms with E-state index in [1.54, 1.807) is 4.90 Å². The lowest BCUT2D eigenvalue weighted by atomic mass is 10.0. The maximum Gasteiger partial charge on any atom is 0.413 e. The van der Waals surface area contributed by atoms with Crippen molar-refractivity contribution in [2.24, 2.45) is 0 Å². The van der Waals surface area contributed by atoms with Crippen LogP contribution in [0.2, 0.25) is 0 Å². The second kappa shape index (κ2) is 4.94. The van der Waals surface area contributed by atoms with Crippen LogP contribution in [0.5, 0.6) is 0 Å². The van der Waals surface area contributed by atoms with Gasteiger partial charge in [-0.15, -0.1) is 0 Å². The molecule has 1 rings (SSSR count). The molecule has 96 valence electrons. The standard InChI is InChI=1S/C12H16F3NO/c1-8(12(13,14)15)11(10(3)17)9(2)16-6-4-5-7-16/h2,4-7H2,1,3H3/b11-8-. The Morgan fingerprint density at radius 1 is 1.18 bits per heavy atom. The van der Waals surface area contributed by atoms with Gasteiger partial charge in [-0.05, 0) is 26.7 Å². The molecular formula is C12H16F3NO. The van der Waals surface area contributed by atoms with Gasteiger partial charge in [-0.2, -0.15) is 13.2 Å². The van der Waals surface area contributed by atoms with E-state index in [1.807, 2.05) is 0 Å². The van der Waals surface area contributed by atoms with Crippen LogP contribution in [0.1, 0.15) is 26.7 Å². The van der Waals surface area contributed by atoms with Gasteiger partial charge in [-0.25, -0.2) is 0 Å². The minimum atomic E-state index is -4.48. The molecule has 17 heavy (non-hydrogen) atoms. The van der Waals surface area contributed by atoms with Crippen LogP contribution in [0.15, 0.2) is 23.4 Å². The average molecular weight is 247 g/mol. The highest BCUT2D eigenvalue weighted by Gasteiger charge is 2.35. The number of allylic oxidation sites excluding steroid dienone is 2. The fraction of sp³-hybridized carbons (Fsp3) is 0.583. The number of ketones is 1. The molecule has 0 aromatic rings. The molecule has 0 saturated carbocycles. The Morgan fingerprint density at radius 3 is 2.00 bits per heavy atom. The molecule has 1 aliphatic heterocycles. The van der Waals surface area contributed by atoms with E-state index in [1.165, 1.54) is 0 Å². The van der Waals surface area contributed by atoms with Crippen LogP contribution in [0.3, 0.4) is 0 Å². The number of likely N-dealkylation sites (tertiary alicyclic amines) is 1. The lowest BCUT2D eigenvalue weighted by Gasteiger charge is -2.23. The number of rotatable bonds is 3. The van der Waals surface area contributed by atoms with Crippen LogP contribution in [0.4, 0.5) is 13.2 Å². The van der Waals surface area contributed by atoms with E-state index in [0.717, 1.165) is 26.7 Å². The molecule has 0 bridgehead atoms.